The SMILES string of the molecule is CCC(Oc1ccc(F)cc1)C(=O)Nc1ccc(OC)c(S(=O)(=O)N2CCOCC2)c1. The molecule has 0 spiro atoms. The number of carbonyl (C=O) groups excluding carboxylic acids is 1. The summed E-state index contributed by atoms with van der Waals surface area (Å²) in [5.41, 5.74) is 0.291. The van der Waals surface area contributed by atoms with E-state index in [1.807, 2.05) is 0 Å². The first kappa shape index (κ1) is 23.0. The molecule has 1 N–H and O–H groups in total. The molecule has 1 atom stereocenters. The fourth-order valence-electron chi connectivity index (χ4n) is 3.10. The quantitative estimate of drug-likeness (QED) is 0.662. The number of rotatable bonds is 8. The summed E-state index contributed by atoms with van der Waals surface area (Å²) in [5.74, 6) is -0.323. The van der Waals surface area contributed by atoms with E-state index in [2.05, 4.69) is 5.32 Å². The van der Waals surface area contributed by atoms with Gasteiger partial charge in [-0.05, 0) is 48.9 Å². The molecule has 0 aromatic heterocycles. The molecule has 1 heterocycles. The van der Waals surface area contributed by atoms with Crippen molar-refractivity contribution in [1.82, 2.24) is 4.31 Å². The lowest BCUT2D eigenvalue weighted by molar-refractivity contribution is -0.122. The van der Waals surface area contributed by atoms with Crippen molar-refractivity contribution in [2.24, 2.45) is 0 Å². The molecule has 0 aliphatic carbocycles. The summed E-state index contributed by atoms with van der Waals surface area (Å²) < 4.78 is 56.7. The zero-order valence-electron chi connectivity index (χ0n) is 17.3. The van der Waals surface area contributed by atoms with Crippen LogP contribution in [0.5, 0.6) is 11.5 Å². The highest BCUT2D eigenvalue weighted by atomic mass is 32.2. The molecule has 2 aromatic rings. The zero-order valence-corrected chi connectivity index (χ0v) is 18.2. The van der Waals surface area contributed by atoms with Crippen molar-refractivity contribution in [3.8, 4) is 11.5 Å². The van der Waals surface area contributed by atoms with Crippen LogP contribution in [-0.4, -0.2) is 58.1 Å². The second-order valence-electron chi connectivity index (χ2n) is 6.84. The normalized spacial score (nSPS) is 15.8. The van der Waals surface area contributed by atoms with Crippen LogP contribution in [0.4, 0.5) is 10.1 Å². The van der Waals surface area contributed by atoms with E-state index >= 15 is 0 Å². The summed E-state index contributed by atoms with van der Waals surface area (Å²) in [6, 6.07) is 9.77. The van der Waals surface area contributed by atoms with E-state index < -0.39 is 27.9 Å². The summed E-state index contributed by atoms with van der Waals surface area (Å²) >= 11 is 0. The molecule has 1 saturated heterocycles. The van der Waals surface area contributed by atoms with Crippen molar-refractivity contribution >= 4 is 21.6 Å². The highest BCUT2D eigenvalue weighted by Gasteiger charge is 2.30. The number of morpholine rings is 1. The van der Waals surface area contributed by atoms with E-state index in [0.29, 0.717) is 31.1 Å². The average Bonchev–Trinajstić information content (AvgIpc) is 2.79. The van der Waals surface area contributed by atoms with E-state index in [-0.39, 0.29) is 23.7 Å². The monoisotopic (exact) mass is 452 g/mol. The van der Waals surface area contributed by atoms with Crippen LogP contribution in [0, 0.1) is 5.82 Å². The van der Waals surface area contributed by atoms with Crippen LogP contribution >= 0.6 is 0 Å². The molecule has 3 rings (SSSR count). The molecular formula is C21H25FN2O6S. The molecule has 31 heavy (non-hydrogen) atoms. The lowest BCUT2D eigenvalue weighted by Gasteiger charge is -2.27. The summed E-state index contributed by atoms with van der Waals surface area (Å²) in [6.07, 6.45) is -0.481. The number of halogens is 1. The topological polar surface area (TPSA) is 94.2 Å². The Labute approximate surface area is 181 Å². The number of hydrogen-bond acceptors (Lipinski definition) is 6. The Morgan fingerprint density at radius 1 is 1.19 bits per heavy atom. The molecule has 2 aromatic carbocycles. The minimum Gasteiger partial charge on any atom is -0.495 e. The van der Waals surface area contributed by atoms with Crippen LogP contribution in [-0.2, 0) is 19.6 Å². The second kappa shape index (κ2) is 10.1. The fraction of sp³-hybridized carbons (Fsp3) is 0.381. The predicted molar refractivity (Wildman–Crippen MR) is 112 cm³/mol. The maximum Gasteiger partial charge on any atom is 0.265 e. The third-order valence-corrected chi connectivity index (χ3v) is 6.69. The largest absolute Gasteiger partial charge is 0.495 e. The fourth-order valence-corrected chi connectivity index (χ4v) is 4.69. The van der Waals surface area contributed by atoms with Crippen LogP contribution in [0.1, 0.15) is 13.3 Å². The highest BCUT2D eigenvalue weighted by molar-refractivity contribution is 7.89. The number of ether oxygens (including phenoxy) is 3. The van der Waals surface area contributed by atoms with Gasteiger partial charge in [0.05, 0.1) is 20.3 Å². The molecule has 0 radical (unpaired) electrons. The van der Waals surface area contributed by atoms with Gasteiger partial charge in [-0.25, -0.2) is 12.8 Å². The number of carbonyl (C=O) groups is 1. The average molecular weight is 453 g/mol. The number of nitrogens with zero attached hydrogens (tertiary/aromatic N) is 1. The standard InChI is InChI=1S/C21H25FN2O6S/c1-3-18(30-17-7-4-15(22)5-8-17)21(25)23-16-6-9-19(28-2)20(14-16)31(26,27)24-10-12-29-13-11-24/h4-9,14,18H,3,10-13H2,1-2H3,(H,23,25). The Balaban J connectivity index is 1.79. The maximum atomic E-state index is 13.1. The molecule has 10 heteroatoms. The number of benzene rings is 2. The van der Waals surface area contributed by atoms with Gasteiger partial charge in [0, 0.05) is 18.8 Å². The number of nitrogens with one attached hydrogen (secondary N) is 1. The minimum atomic E-state index is -3.83. The van der Waals surface area contributed by atoms with Gasteiger partial charge in [0.1, 0.15) is 22.2 Å². The van der Waals surface area contributed by atoms with Gasteiger partial charge in [0.2, 0.25) is 10.0 Å². The molecule has 0 saturated carbocycles. The molecule has 8 nitrogen and oxygen atoms in total. The van der Waals surface area contributed by atoms with Crippen molar-refractivity contribution in [3.05, 3.63) is 48.3 Å². The van der Waals surface area contributed by atoms with Gasteiger partial charge in [0.15, 0.2) is 6.10 Å². The van der Waals surface area contributed by atoms with Crippen LogP contribution in [0.2, 0.25) is 0 Å². The highest BCUT2D eigenvalue weighted by Crippen LogP contribution is 2.30. The van der Waals surface area contributed by atoms with E-state index in [9.17, 15) is 17.6 Å². The number of amides is 1. The summed E-state index contributed by atoms with van der Waals surface area (Å²) in [5, 5.41) is 2.69. The van der Waals surface area contributed by atoms with Crippen LogP contribution < -0.4 is 14.8 Å². The first-order valence-electron chi connectivity index (χ1n) is 9.84. The van der Waals surface area contributed by atoms with Gasteiger partial charge < -0.3 is 19.5 Å². The molecule has 1 unspecified atom stereocenters. The number of methoxy groups -OCH3 is 1. The van der Waals surface area contributed by atoms with Crippen LogP contribution in [0.25, 0.3) is 0 Å². The lowest BCUT2D eigenvalue weighted by atomic mass is 10.2. The molecule has 1 aliphatic heterocycles. The minimum absolute atomic E-state index is 0.0396. The van der Waals surface area contributed by atoms with Crippen molar-refractivity contribution in [3.63, 3.8) is 0 Å². The molecule has 1 aliphatic rings. The smallest absolute Gasteiger partial charge is 0.265 e. The molecule has 0 bridgehead atoms. The third-order valence-electron chi connectivity index (χ3n) is 4.77. The molecule has 1 amide bonds. The number of anilines is 1. The maximum absolute atomic E-state index is 13.1. The second-order valence-corrected chi connectivity index (χ2v) is 8.75. The van der Waals surface area contributed by atoms with Gasteiger partial charge in [-0.1, -0.05) is 6.92 Å². The lowest BCUT2D eigenvalue weighted by Crippen LogP contribution is -2.40. The van der Waals surface area contributed by atoms with E-state index in [1.54, 1.807) is 13.0 Å². The first-order chi connectivity index (χ1) is 14.8. The van der Waals surface area contributed by atoms with E-state index in [1.165, 1.54) is 47.8 Å². The van der Waals surface area contributed by atoms with Crippen molar-refractivity contribution < 1.29 is 31.8 Å². The summed E-state index contributed by atoms with van der Waals surface area (Å²) in [6.45, 7) is 2.89. The van der Waals surface area contributed by atoms with Gasteiger partial charge in [0.25, 0.3) is 5.91 Å². The van der Waals surface area contributed by atoms with E-state index in [4.69, 9.17) is 14.2 Å². The van der Waals surface area contributed by atoms with Gasteiger partial charge in [-0.2, -0.15) is 4.31 Å². The Morgan fingerprint density at radius 3 is 2.48 bits per heavy atom. The Bertz CT molecular complexity index is 1010. The summed E-state index contributed by atoms with van der Waals surface area (Å²) in [7, 11) is -2.45. The van der Waals surface area contributed by atoms with Gasteiger partial charge in [-0.15, -0.1) is 0 Å². The third kappa shape index (κ3) is 5.52. The Morgan fingerprint density at radius 2 is 1.87 bits per heavy atom. The van der Waals surface area contributed by atoms with Gasteiger partial charge >= 0.3 is 0 Å². The predicted octanol–water partition coefficient (Wildman–Crippen LogP) is 2.65. The van der Waals surface area contributed by atoms with Crippen molar-refractivity contribution in [2.75, 3.05) is 38.7 Å². The van der Waals surface area contributed by atoms with Crippen LogP contribution in [0.3, 0.4) is 0 Å². The number of hydrogen-bond donors (Lipinski definition) is 1. The molecule has 1 fully saturated rings. The Kier molecular flexibility index (Phi) is 7.47. The van der Waals surface area contributed by atoms with Crippen molar-refractivity contribution in [2.45, 2.75) is 24.3 Å². The van der Waals surface area contributed by atoms with Crippen molar-refractivity contribution in [1.29, 1.82) is 0 Å². The van der Waals surface area contributed by atoms with Gasteiger partial charge in [-0.3, -0.25) is 4.79 Å². The first-order valence-corrected chi connectivity index (χ1v) is 11.3. The molecule has 168 valence electrons. The number of sulfonamides is 1. The zero-order chi connectivity index (χ0) is 22.4. The molecular weight excluding hydrogens is 427 g/mol. The Hall–Kier alpha value is -2.69. The summed E-state index contributed by atoms with van der Waals surface area (Å²) in [4.78, 5) is 12.7. The van der Waals surface area contributed by atoms with Crippen LogP contribution in [0.15, 0.2) is 47.4 Å². The van der Waals surface area contributed by atoms with E-state index in [0.717, 1.165) is 0 Å².